The van der Waals surface area contributed by atoms with Crippen molar-refractivity contribution in [3.63, 3.8) is 0 Å². The molecule has 0 aliphatic carbocycles. The third-order valence-corrected chi connectivity index (χ3v) is 4.97. The van der Waals surface area contributed by atoms with Gasteiger partial charge < -0.3 is 15.2 Å². The number of hydrogen-bond acceptors (Lipinski definition) is 3. The molecule has 2 heterocycles. The fourth-order valence-electron chi connectivity index (χ4n) is 3.46. The van der Waals surface area contributed by atoms with Crippen LogP contribution in [0.3, 0.4) is 0 Å². The summed E-state index contributed by atoms with van der Waals surface area (Å²) in [6.45, 7) is 1.65. The molecule has 1 aliphatic heterocycles. The molecule has 1 aliphatic rings. The second-order valence-electron chi connectivity index (χ2n) is 6.94. The fourth-order valence-corrected chi connectivity index (χ4v) is 3.46. The van der Waals surface area contributed by atoms with Gasteiger partial charge in [-0.15, -0.1) is 0 Å². The molecule has 1 atom stereocenters. The average Bonchev–Trinajstić information content (AvgIpc) is 3.10. The monoisotopic (exact) mass is 362 g/mol. The molecule has 1 aromatic heterocycles. The number of carbonyl (C=O) groups is 2. The molecule has 2 aromatic carbocycles. The van der Waals surface area contributed by atoms with Gasteiger partial charge in [-0.05, 0) is 29.7 Å². The van der Waals surface area contributed by atoms with E-state index < -0.39 is 0 Å². The summed E-state index contributed by atoms with van der Waals surface area (Å²) in [5, 5.41) is 5.74. The Morgan fingerprint density at radius 2 is 2.04 bits per heavy atom. The minimum absolute atomic E-state index is 0.000932. The lowest BCUT2D eigenvalue weighted by atomic mass is 9.98. The van der Waals surface area contributed by atoms with Crippen molar-refractivity contribution in [3.05, 3.63) is 66.0 Å². The number of aromatic nitrogens is 2. The summed E-state index contributed by atoms with van der Waals surface area (Å²) < 4.78 is 2.12. The van der Waals surface area contributed by atoms with Gasteiger partial charge in [0.15, 0.2) is 0 Å². The van der Waals surface area contributed by atoms with Crippen molar-refractivity contribution in [3.8, 4) is 0 Å². The molecule has 1 saturated heterocycles. The van der Waals surface area contributed by atoms with E-state index in [4.69, 9.17) is 0 Å². The Morgan fingerprint density at radius 3 is 2.89 bits per heavy atom. The number of hydrogen-bond donors (Lipinski definition) is 2. The minimum Gasteiger partial charge on any atom is -0.355 e. The van der Waals surface area contributed by atoms with Gasteiger partial charge in [-0.25, -0.2) is 4.98 Å². The summed E-state index contributed by atoms with van der Waals surface area (Å²) >= 11 is 0. The highest BCUT2D eigenvalue weighted by atomic mass is 16.2. The highest BCUT2D eigenvalue weighted by Gasteiger charge is 2.23. The van der Waals surface area contributed by atoms with E-state index in [0.717, 1.165) is 28.7 Å². The molecular weight excluding hydrogens is 340 g/mol. The van der Waals surface area contributed by atoms with Crippen molar-refractivity contribution in [1.29, 1.82) is 0 Å². The number of rotatable bonds is 5. The SMILES string of the molecule is O=C1CC[C@H](C(=O)NCc2cccc(Cn3cnc4ccccc43)c2)CN1. The Labute approximate surface area is 157 Å². The highest BCUT2D eigenvalue weighted by Crippen LogP contribution is 2.15. The largest absolute Gasteiger partial charge is 0.355 e. The Hall–Kier alpha value is -3.15. The van der Waals surface area contributed by atoms with Crippen LogP contribution in [0.5, 0.6) is 0 Å². The molecular formula is C21H22N4O2. The Bertz CT molecular complexity index is 969. The lowest BCUT2D eigenvalue weighted by Gasteiger charge is -2.21. The van der Waals surface area contributed by atoms with Gasteiger partial charge in [0, 0.05) is 26.1 Å². The number of carbonyl (C=O) groups excluding carboxylic acids is 2. The zero-order valence-electron chi connectivity index (χ0n) is 15.0. The minimum atomic E-state index is -0.136. The van der Waals surface area contributed by atoms with Gasteiger partial charge in [0.05, 0.1) is 23.3 Å². The van der Waals surface area contributed by atoms with Crippen LogP contribution in [-0.2, 0) is 22.7 Å². The first-order valence-corrected chi connectivity index (χ1v) is 9.21. The molecule has 138 valence electrons. The number of imidazole rings is 1. The summed E-state index contributed by atoms with van der Waals surface area (Å²) in [6.07, 6.45) is 2.90. The Morgan fingerprint density at radius 1 is 1.19 bits per heavy atom. The maximum Gasteiger partial charge on any atom is 0.225 e. The fraction of sp³-hybridized carbons (Fsp3) is 0.286. The lowest BCUT2D eigenvalue weighted by molar-refractivity contribution is -0.129. The molecule has 2 N–H and O–H groups in total. The number of para-hydroxylation sites is 2. The quantitative estimate of drug-likeness (QED) is 0.731. The maximum atomic E-state index is 12.3. The summed E-state index contributed by atoms with van der Waals surface area (Å²) in [5.74, 6) is -0.108. The van der Waals surface area contributed by atoms with Gasteiger partial charge in [0.1, 0.15) is 0 Å². The second-order valence-corrected chi connectivity index (χ2v) is 6.94. The molecule has 6 nitrogen and oxygen atoms in total. The van der Waals surface area contributed by atoms with Gasteiger partial charge in [0.2, 0.25) is 11.8 Å². The molecule has 27 heavy (non-hydrogen) atoms. The normalized spacial score (nSPS) is 16.9. The van der Waals surface area contributed by atoms with Gasteiger partial charge in [0.25, 0.3) is 0 Å². The summed E-state index contributed by atoms with van der Waals surface area (Å²) in [6, 6.07) is 16.3. The molecule has 0 spiro atoms. The zero-order chi connectivity index (χ0) is 18.6. The Balaban J connectivity index is 1.39. The summed E-state index contributed by atoms with van der Waals surface area (Å²) in [4.78, 5) is 27.9. The van der Waals surface area contributed by atoms with Gasteiger partial charge in [-0.2, -0.15) is 0 Å². The van der Waals surface area contributed by atoms with Crippen molar-refractivity contribution >= 4 is 22.8 Å². The highest BCUT2D eigenvalue weighted by molar-refractivity contribution is 5.83. The molecule has 0 unspecified atom stereocenters. The van der Waals surface area contributed by atoms with Crippen LogP contribution in [0.15, 0.2) is 54.9 Å². The van der Waals surface area contributed by atoms with Crippen LogP contribution in [0.25, 0.3) is 11.0 Å². The van der Waals surface area contributed by atoms with Crippen molar-refractivity contribution in [1.82, 2.24) is 20.2 Å². The van der Waals surface area contributed by atoms with Crippen LogP contribution in [0, 0.1) is 5.92 Å². The second kappa shape index (κ2) is 7.61. The summed E-state index contributed by atoms with van der Waals surface area (Å²) in [5.41, 5.74) is 4.32. The number of benzene rings is 2. The molecule has 0 saturated carbocycles. The smallest absolute Gasteiger partial charge is 0.225 e. The molecule has 0 radical (unpaired) electrons. The first kappa shape index (κ1) is 17.3. The molecule has 1 fully saturated rings. The van der Waals surface area contributed by atoms with Crippen molar-refractivity contribution < 1.29 is 9.59 Å². The van der Waals surface area contributed by atoms with Gasteiger partial charge >= 0.3 is 0 Å². The molecule has 3 aromatic rings. The first-order valence-electron chi connectivity index (χ1n) is 9.21. The van der Waals surface area contributed by atoms with Crippen molar-refractivity contribution in [2.45, 2.75) is 25.9 Å². The third-order valence-electron chi connectivity index (χ3n) is 4.97. The number of nitrogens with one attached hydrogen (secondary N) is 2. The van der Waals surface area contributed by atoms with Crippen LogP contribution in [-0.4, -0.2) is 27.9 Å². The molecule has 0 bridgehead atoms. The van der Waals surface area contributed by atoms with Gasteiger partial charge in [-0.3, -0.25) is 9.59 Å². The number of amides is 2. The number of fused-ring (bicyclic) bond motifs is 1. The van der Waals surface area contributed by atoms with E-state index in [-0.39, 0.29) is 17.7 Å². The summed E-state index contributed by atoms with van der Waals surface area (Å²) in [7, 11) is 0. The maximum absolute atomic E-state index is 12.3. The van der Waals surface area contributed by atoms with Crippen molar-refractivity contribution in [2.75, 3.05) is 6.54 Å². The van der Waals surface area contributed by atoms with E-state index in [0.29, 0.717) is 25.9 Å². The van der Waals surface area contributed by atoms with Crippen LogP contribution >= 0.6 is 0 Å². The van der Waals surface area contributed by atoms with Crippen LogP contribution in [0.1, 0.15) is 24.0 Å². The predicted molar refractivity (Wildman–Crippen MR) is 103 cm³/mol. The average molecular weight is 362 g/mol. The number of nitrogens with zero attached hydrogens (tertiary/aromatic N) is 2. The number of piperidine rings is 1. The van der Waals surface area contributed by atoms with Crippen LogP contribution in [0.2, 0.25) is 0 Å². The zero-order valence-corrected chi connectivity index (χ0v) is 15.0. The standard InChI is InChI=1S/C21H22N4O2/c26-20-9-8-17(12-22-20)21(27)23-11-15-4-3-5-16(10-15)13-25-14-24-18-6-1-2-7-19(18)25/h1-7,10,14,17H,8-9,11-13H2,(H,22,26)(H,23,27)/t17-/m0/s1. The molecule has 2 amide bonds. The Kier molecular flexibility index (Phi) is 4.87. The van der Waals surface area contributed by atoms with Crippen LogP contribution in [0.4, 0.5) is 0 Å². The van der Waals surface area contributed by atoms with E-state index in [2.05, 4.69) is 38.4 Å². The van der Waals surface area contributed by atoms with Crippen molar-refractivity contribution in [2.24, 2.45) is 5.92 Å². The van der Waals surface area contributed by atoms with E-state index in [9.17, 15) is 9.59 Å². The van der Waals surface area contributed by atoms with Crippen LogP contribution < -0.4 is 10.6 Å². The van der Waals surface area contributed by atoms with Gasteiger partial charge in [-0.1, -0.05) is 36.4 Å². The van der Waals surface area contributed by atoms with E-state index in [1.54, 1.807) is 0 Å². The van der Waals surface area contributed by atoms with E-state index in [1.807, 2.05) is 36.7 Å². The van der Waals surface area contributed by atoms with E-state index >= 15 is 0 Å². The predicted octanol–water partition coefficient (Wildman–Crippen LogP) is 2.23. The molecule has 4 rings (SSSR count). The van der Waals surface area contributed by atoms with E-state index in [1.165, 1.54) is 0 Å². The molecule has 6 heteroatoms. The topological polar surface area (TPSA) is 76.0 Å². The lowest BCUT2D eigenvalue weighted by Crippen LogP contribution is -2.42. The first-order chi connectivity index (χ1) is 13.2. The third kappa shape index (κ3) is 4.00.